The Balaban J connectivity index is 1.85. The zero-order valence-corrected chi connectivity index (χ0v) is 18.3. The van der Waals surface area contributed by atoms with Gasteiger partial charge in [-0.05, 0) is 43.3 Å². The molecule has 2 amide bonds. The van der Waals surface area contributed by atoms with Gasteiger partial charge in [-0.1, -0.05) is 24.3 Å². The van der Waals surface area contributed by atoms with Gasteiger partial charge in [0, 0.05) is 26.2 Å². The van der Waals surface area contributed by atoms with Crippen molar-refractivity contribution in [1.29, 1.82) is 0 Å². The number of carbonyl (C=O) groups excluding carboxylic acids is 2. The van der Waals surface area contributed by atoms with Gasteiger partial charge in [-0.3, -0.25) is 9.59 Å². The Morgan fingerprint density at radius 1 is 0.839 bits per heavy atom. The van der Waals surface area contributed by atoms with Crippen LogP contribution in [0.5, 0.6) is 11.5 Å². The molecule has 162 valence electrons. The number of ether oxygens (including phenoxy) is 2. The Labute approximate surface area is 182 Å². The normalized spacial score (nSPS) is 17.5. The van der Waals surface area contributed by atoms with Crippen molar-refractivity contribution in [3.05, 3.63) is 59.3 Å². The summed E-state index contributed by atoms with van der Waals surface area (Å²) in [4.78, 5) is 32.9. The number of anilines is 1. The second-order valence-corrected chi connectivity index (χ2v) is 7.82. The Bertz CT molecular complexity index is 1050. The first kappa shape index (κ1) is 20.9. The van der Waals surface area contributed by atoms with E-state index in [1.54, 1.807) is 32.4 Å². The second-order valence-electron chi connectivity index (χ2n) is 7.82. The molecule has 0 atom stereocenters. The van der Waals surface area contributed by atoms with Gasteiger partial charge in [0.15, 0.2) is 11.5 Å². The second kappa shape index (κ2) is 8.43. The fraction of sp³-hybridized carbons (Fsp3) is 0.333. The summed E-state index contributed by atoms with van der Waals surface area (Å²) in [7, 11) is 5.18. The molecule has 0 saturated carbocycles. The summed E-state index contributed by atoms with van der Waals surface area (Å²) in [6.45, 7) is 4.93. The molecule has 2 aromatic carbocycles. The first-order chi connectivity index (χ1) is 15.0. The molecule has 2 aromatic rings. The lowest BCUT2D eigenvalue weighted by atomic mass is 10.0. The average Bonchev–Trinajstić information content (AvgIpc) is 3.04. The van der Waals surface area contributed by atoms with Gasteiger partial charge in [0.2, 0.25) is 0 Å². The minimum absolute atomic E-state index is 0.284. The van der Waals surface area contributed by atoms with E-state index in [1.807, 2.05) is 36.1 Å². The van der Waals surface area contributed by atoms with Crippen LogP contribution in [0.25, 0.3) is 5.57 Å². The van der Waals surface area contributed by atoms with E-state index in [0.29, 0.717) is 47.1 Å². The number of hydrogen-bond donors (Lipinski definition) is 0. The summed E-state index contributed by atoms with van der Waals surface area (Å²) in [5.41, 5.74) is 2.98. The van der Waals surface area contributed by atoms with Gasteiger partial charge >= 0.3 is 0 Å². The number of imide groups is 1. The molecule has 0 N–H and O–H groups in total. The Morgan fingerprint density at radius 2 is 1.52 bits per heavy atom. The number of methoxy groups -OCH3 is 2. The van der Waals surface area contributed by atoms with Crippen LogP contribution in [0.2, 0.25) is 0 Å². The molecule has 0 aromatic heterocycles. The molecule has 2 aliphatic rings. The Morgan fingerprint density at radius 3 is 2.16 bits per heavy atom. The van der Waals surface area contributed by atoms with E-state index in [-0.39, 0.29) is 11.8 Å². The number of likely N-dealkylation sites (N-methyl/N-ethyl adjacent to an activating group) is 1. The predicted octanol–water partition coefficient (Wildman–Crippen LogP) is 2.54. The van der Waals surface area contributed by atoms with Crippen molar-refractivity contribution in [1.82, 2.24) is 9.80 Å². The quantitative estimate of drug-likeness (QED) is 0.692. The van der Waals surface area contributed by atoms with E-state index in [0.717, 1.165) is 18.7 Å². The van der Waals surface area contributed by atoms with E-state index < -0.39 is 0 Å². The van der Waals surface area contributed by atoms with Crippen LogP contribution >= 0.6 is 0 Å². The van der Waals surface area contributed by atoms with Gasteiger partial charge in [-0.2, -0.15) is 0 Å². The van der Waals surface area contributed by atoms with Gasteiger partial charge in [0.25, 0.3) is 11.8 Å². The molecule has 7 heteroatoms. The van der Waals surface area contributed by atoms with Crippen molar-refractivity contribution < 1.29 is 19.1 Å². The van der Waals surface area contributed by atoms with Crippen molar-refractivity contribution in [3.63, 3.8) is 0 Å². The van der Waals surface area contributed by atoms with E-state index in [4.69, 9.17) is 9.47 Å². The van der Waals surface area contributed by atoms with Crippen LogP contribution < -0.4 is 14.4 Å². The van der Waals surface area contributed by atoms with Crippen LogP contribution in [0.15, 0.2) is 48.2 Å². The van der Waals surface area contributed by atoms with E-state index in [1.165, 1.54) is 4.90 Å². The molecule has 0 spiro atoms. The molecule has 0 aliphatic carbocycles. The number of nitrogens with zero attached hydrogens (tertiary/aromatic N) is 3. The summed E-state index contributed by atoms with van der Waals surface area (Å²) in [5.74, 6) is 0.481. The highest BCUT2D eigenvalue weighted by molar-refractivity contribution is 6.45. The molecule has 0 unspecified atom stereocenters. The molecule has 2 heterocycles. The molecule has 2 aliphatic heterocycles. The molecule has 4 rings (SSSR count). The van der Waals surface area contributed by atoms with Gasteiger partial charge < -0.3 is 19.3 Å². The minimum atomic E-state index is -0.319. The summed E-state index contributed by atoms with van der Waals surface area (Å²) >= 11 is 0. The highest BCUT2D eigenvalue weighted by atomic mass is 16.5. The first-order valence-electron chi connectivity index (χ1n) is 10.3. The smallest absolute Gasteiger partial charge is 0.282 e. The van der Waals surface area contributed by atoms with Crippen molar-refractivity contribution in [2.75, 3.05) is 52.3 Å². The van der Waals surface area contributed by atoms with Crippen LogP contribution in [-0.4, -0.2) is 69.1 Å². The van der Waals surface area contributed by atoms with E-state index in [9.17, 15) is 9.59 Å². The molecule has 1 saturated heterocycles. The Hall–Kier alpha value is -3.32. The van der Waals surface area contributed by atoms with Gasteiger partial charge in [-0.25, -0.2) is 4.90 Å². The first-order valence-corrected chi connectivity index (χ1v) is 10.3. The fourth-order valence-corrected chi connectivity index (χ4v) is 4.13. The number of hydrogen-bond acceptors (Lipinski definition) is 6. The third-order valence-electron chi connectivity index (χ3n) is 5.91. The fourth-order valence-electron chi connectivity index (χ4n) is 4.13. The molecule has 7 nitrogen and oxygen atoms in total. The van der Waals surface area contributed by atoms with Gasteiger partial charge in [-0.15, -0.1) is 0 Å². The third-order valence-corrected chi connectivity index (χ3v) is 5.91. The topological polar surface area (TPSA) is 62.3 Å². The zero-order chi connectivity index (χ0) is 22.1. The molecule has 31 heavy (non-hydrogen) atoms. The maximum absolute atomic E-state index is 13.7. The zero-order valence-electron chi connectivity index (χ0n) is 18.3. The monoisotopic (exact) mass is 421 g/mol. The number of para-hydroxylation sites is 1. The average molecular weight is 421 g/mol. The maximum Gasteiger partial charge on any atom is 0.282 e. The number of carbonyl (C=O) groups is 2. The van der Waals surface area contributed by atoms with Crippen molar-refractivity contribution in [2.24, 2.45) is 0 Å². The Kier molecular flexibility index (Phi) is 5.69. The molecular formula is C24H27N3O4. The number of aryl methyl sites for hydroxylation is 1. The number of piperazine rings is 1. The van der Waals surface area contributed by atoms with Crippen LogP contribution in [0, 0.1) is 6.92 Å². The van der Waals surface area contributed by atoms with Crippen molar-refractivity contribution in [2.45, 2.75) is 6.92 Å². The molecule has 0 radical (unpaired) electrons. The molecule has 1 fully saturated rings. The molecular weight excluding hydrogens is 394 g/mol. The maximum atomic E-state index is 13.7. The summed E-state index contributed by atoms with van der Waals surface area (Å²) in [5, 5.41) is 0. The van der Waals surface area contributed by atoms with E-state index in [2.05, 4.69) is 11.9 Å². The van der Waals surface area contributed by atoms with Crippen molar-refractivity contribution in [3.8, 4) is 11.5 Å². The third kappa shape index (κ3) is 3.65. The largest absolute Gasteiger partial charge is 0.493 e. The highest BCUT2D eigenvalue weighted by Gasteiger charge is 2.43. The molecule has 0 bridgehead atoms. The lowest BCUT2D eigenvalue weighted by Crippen LogP contribution is -2.46. The van der Waals surface area contributed by atoms with Crippen molar-refractivity contribution >= 4 is 23.1 Å². The summed E-state index contributed by atoms with van der Waals surface area (Å²) in [6.07, 6.45) is 0. The van der Waals surface area contributed by atoms with E-state index >= 15 is 0 Å². The van der Waals surface area contributed by atoms with Crippen LogP contribution in [0.3, 0.4) is 0 Å². The number of amides is 2. The number of rotatable bonds is 5. The SMILES string of the molecule is COc1ccc(C2=C(N3CCN(C)CC3)C(=O)N(c3ccccc3C)C2=O)cc1OC. The lowest BCUT2D eigenvalue weighted by molar-refractivity contribution is -0.120. The van der Waals surface area contributed by atoms with Crippen LogP contribution in [0.1, 0.15) is 11.1 Å². The summed E-state index contributed by atoms with van der Waals surface area (Å²) in [6, 6.07) is 12.8. The highest BCUT2D eigenvalue weighted by Crippen LogP contribution is 2.39. The van der Waals surface area contributed by atoms with Gasteiger partial charge in [0.05, 0.1) is 25.5 Å². The van der Waals surface area contributed by atoms with Crippen LogP contribution in [0.4, 0.5) is 5.69 Å². The number of benzene rings is 2. The standard InChI is InChI=1S/C24H27N3O4/c1-16-7-5-6-8-18(16)27-23(28)21(17-9-10-19(30-3)20(15-17)31-4)22(24(27)29)26-13-11-25(2)12-14-26/h5-10,15H,11-14H2,1-4H3. The summed E-state index contributed by atoms with van der Waals surface area (Å²) < 4.78 is 10.8. The predicted molar refractivity (Wildman–Crippen MR) is 119 cm³/mol. The van der Waals surface area contributed by atoms with Crippen LogP contribution in [-0.2, 0) is 9.59 Å². The van der Waals surface area contributed by atoms with Gasteiger partial charge in [0.1, 0.15) is 5.70 Å². The minimum Gasteiger partial charge on any atom is -0.493 e. The lowest BCUT2D eigenvalue weighted by Gasteiger charge is -2.34.